The quantitative estimate of drug-likeness (QED) is 0.680. The van der Waals surface area contributed by atoms with E-state index >= 15 is 0 Å². The van der Waals surface area contributed by atoms with Gasteiger partial charge in [0.25, 0.3) is 0 Å². The molecule has 0 radical (unpaired) electrons. The molecule has 0 amide bonds. The van der Waals surface area contributed by atoms with Crippen molar-refractivity contribution in [3.8, 4) is 0 Å². The molecule has 0 aliphatic carbocycles. The SMILES string of the molecule is C=CCN1CCN(C[C@@H](Cc2ccccc2)N2CCc3sccc3C2)CC1. The highest BCUT2D eigenvalue weighted by Crippen LogP contribution is 2.26. The van der Waals surface area contributed by atoms with Crippen LogP contribution in [0, 0.1) is 0 Å². The lowest BCUT2D eigenvalue weighted by Gasteiger charge is -2.40. The standard InChI is InChI=1S/C23H31N3S/c1-2-10-24-12-14-25(15-13-24)19-22(17-20-6-4-3-5-7-20)26-11-8-23-21(18-26)9-16-27-23/h2-7,9,16,22H,1,8,10-15,17-19H2/t22-/m1/s1. The zero-order chi connectivity index (χ0) is 18.5. The Morgan fingerprint density at radius 3 is 2.56 bits per heavy atom. The summed E-state index contributed by atoms with van der Waals surface area (Å²) in [6.45, 7) is 13.1. The minimum absolute atomic E-state index is 0.589. The van der Waals surface area contributed by atoms with E-state index < -0.39 is 0 Å². The van der Waals surface area contributed by atoms with Crippen molar-refractivity contribution in [3.63, 3.8) is 0 Å². The minimum Gasteiger partial charge on any atom is -0.299 e. The lowest BCUT2D eigenvalue weighted by Crippen LogP contribution is -2.52. The molecule has 0 spiro atoms. The summed E-state index contributed by atoms with van der Waals surface area (Å²) in [6.07, 6.45) is 4.39. The Kier molecular flexibility index (Phi) is 6.40. The van der Waals surface area contributed by atoms with Crippen LogP contribution in [0.15, 0.2) is 54.4 Å². The van der Waals surface area contributed by atoms with E-state index in [0.29, 0.717) is 6.04 Å². The fourth-order valence-corrected chi connectivity index (χ4v) is 5.30. The van der Waals surface area contributed by atoms with Crippen LogP contribution in [0.4, 0.5) is 0 Å². The molecule has 3 heterocycles. The molecule has 144 valence electrons. The normalized spacial score (nSPS) is 20.3. The first kappa shape index (κ1) is 18.9. The second-order valence-corrected chi connectivity index (χ2v) is 8.82. The number of hydrogen-bond acceptors (Lipinski definition) is 4. The van der Waals surface area contributed by atoms with Crippen LogP contribution in [-0.4, -0.2) is 66.6 Å². The van der Waals surface area contributed by atoms with Crippen molar-refractivity contribution < 1.29 is 0 Å². The molecular weight excluding hydrogens is 350 g/mol. The first-order valence-electron chi connectivity index (χ1n) is 10.2. The summed E-state index contributed by atoms with van der Waals surface area (Å²) in [6, 6.07) is 14.0. The zero-order valence-electron chi connectivity index (χ0n) is 16.2. The monoisotopic (exact) mass is 381 g/mol. The van der Waals surface area contributed by atoms with Crippen LogP contribution in [0.25, 0.3) is 0 Å². The highest BCUT2D eigenvalue weighted by Gasteiger charge is 2.27. The van der Waals surface area contributed by atoms with E-state index in [0.717, 1.165) is 19.5 Å². The molecule has 1 saturated heterocycles. The van der Waals surface area contributed by atoms with Gasteiger partial charge in [-0.2, -0.15) is 0 Å². The van der Waals surface area contributed by atoms with Crippen LogP contribution in [-0.2, 0) is 19.4 Å². The molecule has 27 heavy (non-hydrogen) atoms. The third-order valence-electron chi connectivity index (χ3n) is 5.99. The van der Waals surface area contributed by atoms with Gasteiger partial charge in [0, 0.05) is 63.3 Å². The smallest absolute Gasteiger partial charge is 0.0267 e. The van der Waals surface area contributed by atoms with Crippen LogP contribution in [0.3, 0.4) is 0 Å². The van der Waals surface area contributed by atoms with Crippen molar-refractivity contribution >= 4 is 11.3 Å². The maximum absolute atomic E-state index is 3.88. The average Bonchev–Trinajstić information content (AvgIpc) is 3.18. The fourth-order valence-electron chi connectivity index (χ4n) is 4.41. The molecule has 1 aromatic carbocycles. The van der Waals surface area contributed by atoms with Crippen LogP contribution in [0.1, 0.15) is 16.0 Å². The number of piperazine rings is 1. The maximum Gasteiger partial charge on any atom is 0.0267 e. The number of nitrogens with zero attached hydrogens (tertiary/aromatic N) is 3. The van der Waals surface area contributed by atoms with Crippen molar-refractivity contribution in [2.45, 2.75) is 25.4 Å². The molecule has 0 N–H and O–H groups in total. The molecule has 2 aliphatic heterocycles. The lowest BCUT2D eigenvalue weighted by molar-refractivity contribution is 0.0881. The summed E-state index contributed by atoms with van der Waals surface area (Å²) in [5, 5.41) is 2.26. The minimum atomic E-state index is 0.589. The highest BCUT2D eigenvalue weighted by atomic mass is 32.1. The Bertz CT molecular complexity index is 718. The van der Waals surface area contributed by atoms with E-state index in [2.05, 4.69) is 63.1 Å². The third-order valence-corrected chi connectivity index (χ3v) is 7.01. The van der Waals surface area contributed by atoms with Gasteiger partial charge in [-0.15, -0.1) is 17.9 Å². The molecule has 0 bridgehead atoms. The number of benzene rings is 1. The van der Waals surface area contributed by atoms with Gasteiger partial charge in [-0.05, 0) is 35.4 Å². The third kappa shape index (κ3) is 4.88. The summed E-state index contributed by atoms with van der Waals surface area (Å²) < 4.78 is 0. The second-order valence-electron chi connectivity index (χ2n) is 7.82. The van der Waals surface area contributed by atoms with Crippen LogP contribution >= 0.6 is 11.3 Å². The zero-order valence-corrected chi connectivity index (χ0v) is 17.0. The Balaban J connectivity index is 1.43. The largest absolute Gasteiger partial charge is 0.299 e. The van der Waals surface area contributed by atoms with Crippen molar-refractivity contribution in [2.24, 2.45) is 0 Å². The molecule has 1 fully saturated rings. The molecule has 0 saturated carbocycles. The van der Waals surface area contributed by atoms with E-state index in [1.807, 2.05) is 17.4 Å². The number of thiophene rings is 1. The van der Waals surface area contributed by atoms with Crippen molar-refractivity contribution in [1.29, 1.82) is 0 Å². The first-order valence-corrected chi connectivity index (χ1v) is 11.1. The van der Waals surface area contributed by atoms with Crippen molar-refractivity contribution in [1.82, 2.24) is 14.7 Å². The van der Waals surface area contributed by atoms with Gasteiger partial charge in [0.1, 0.15) is 0 Å². The van der Waals surface area contributed by atoms with E-state index in [1.54, 1.807) is 10.4 Å². The van der Waals surface area contributed by atoms with E-state index in [1.165, 1.54) is 51.3 Å². The van der Waals surface area contributed by atoms with Crippen LogP contribution < -0.4 is 0 Å². The van der Waals surface area contributed by atoms with Gasteiger partial charge < -0.3 is 0 Å². The molecule has 0 unspecified atom stereocenters. The van der Waals surface area contributed by atoms with E-state index in [9.17, 15) is 0 Å². The number of fused-ring (bicyclic) bond motifs is 1. The van der Waals surface area contributed by atoms with Crippen molar-refractivity contribution in [2.75, 3.05) is 45.8 Å². The number of hydrogen-bond donors (Lipinski definition) is 0. The summed E-state index contributed by atoms with van der Waals surface area (Å²) in [7, 11) is 0. The summed E-state index contributed by atoms with van der Waals surface area (Å²) >= 11 is 1.93. The Labute approximate surface area is 167 Å². The van der Waals surface area contributed by atoms with Crippen LogP contribution in [0.2, 0.25) is 0 Å². The molecule has 2 aromatic rings. The molecule has 1 atom stereocenters. The lowest BCUT2D eigenvalue weighted by atomic mass is 10.0. The van der Waals surface area contributed by atoms with Gasteiger partial charge in [0.2, 0.25) is 0 Å². The molecule has 2 aliphatic rings. The predicted octanol–water partition coefficient (Wildman–Crippen LogP) is 3.52. The fraction of sp³-hybridized carbons (Fsp3) is 0.478. The van der Waals surface area contributed by atoms with E-state index in [4.69, 9.17) is 0 Å². The van der Waals surface area contributed by atoms with Gasteiger partial charge in [0.15, 0.2) is 0 Å². The van der Waals surface area contributed by atoms with Gasteiger partial charge in [-0.3, -0.25) is 14.7 Å². The predicted molar refractivity (Wildman–Crippen MR) is 115 cm³/mol. The van der Waals surface area contributed by atoms with E-state index in [-0.39, 0.29) is 0 Å². The Morgan fingerprint density at radius 2 is 1.78 bits per heavy atom. The van der Waals surface area contributed by atoms with Gasteiger partial charge in [0.05, 0.1) is 0 Å². The maximum atomic E-state index is 3.88. The summed E-state index contributed by atoms with van der Waals surface area (Å²) in [5.74, 6) is 0. The topological polar surface area (TPSA) is 9.72 Å². The first-order chi connectivity index (χ1) is 13.3. The number of rotatable bonds is 7. The Morgan fingerprint density at radius 1 is 1.00 bits per heavy atom. The van der Waals surface area contributed by atoms with Gasteiger partial charge >= 0.3 is 0 Å². The molecule has 4 rings (SSSR count). The average molecular weight is 382 g/mol. The highest BCUT2D eigenvalue weighted by molar-refractivity contribution is 7.10. The van der Waals surface area contributed by atoms with Gasteiger partial charge in [-0.25, -0.2) is 0 Å². The molecule has 3 nitrogen and oxygen atoms in total. The molecular formula is C23H31N3S. The summed E-state index contributed by atoms with van der Waals surface area (Å²) in [5.41, 5.74) is 3.02. The second kappa shape index (κ2) is 9.16. The Hall–Kier alpha value is -1.46. The van der Waals surface area contributed by atoms with Gasteiger partial charge in [-0.1, -0.05) is 36.4 Å². The summed E-state index contributed by atoms with van der Waals surface area (Å²) in [4.78, 5) is 9.52. The molecule has 1 aromatic heterocycles. The molecule has 4 heteroatoms. The van der Waals surface area contributed by atoms with Crippen molar-refractivity contribution in [3.05, 3.63) is 70.4 Å². The van der Waals surface area contributed by atoms with Crippen LogP contribution in [0.5, 0.6) is 0 Å².